The van der Waals surface area contributed by atoms with Gasteiger partial charge in [-0.15, -0.1) is 0 Å². The van der Waals surface area contributed by atoms with Crippen LogP contribution in [-0.2, 0) is 11.4 Å². The second kappa shape index (κ2) is 8.68. The minimum atomic E-state index is 0.0222. The number of rotatable bonds is 5. The van der Waals surface area contributed by atoms with E-state index in [0.29, 0.717) is 6.54 Å². The van der Waals surface area contributed by atoms with E-state index in [9.17, 15) is 0 Å². The van der Waals surface area contributed by atoms with Crippen molar-refractivity contribution in [2.24, 2.45) is 10.9 Å². The van der Waals surface area contributed by atoms with Gasteiger partial charge in [0, 0.05) is 19.5 Å². The summed E-state index contributed by atoms with van der Waals surface area (Å²) in [7, 11) is 0. The highest BCUT2D eigenvalue weighted by atomic mass is 16.6. The van der Waals surface area contributed by atoms with E-state index in [2.05, 4.69) is 58.6 Å². The molecule has 4 nitrogen and oxygen atoms in total. The van der Waals surface area contributed by atoms with E-state index in [1.54, 1.807) is 0 Å². The summed E-state index contributed by atoms with van der Waals surface area (Å²) in [6.07, 6.45) is 6.21. The normalized spacial score (nSPS) is 20.8. The smallest absolute Gasteiger partial charge is 0.145 e. The van der Waals surface area contributed by atoms with Gasteiger partial charge in [-0.25, -0.2) is 0 Å². The summed E-state index contributed by atoms with van der Waals surface area (Å²) in [5, 5.41) is 4.19. The fraction of sp³-hybridized carbons (Fsp3) is 0.435. The lowest BCUT2D eigenvalue weighted by Gasteiger charge is -2.21. The highest BCUT2D eigenvalue weighted by Crippen LogP contribution is 2.27. The van der Waals surface area contributed by atoms with Gasteiger partial charge in [0.15, 0.2) is 0 Å². The van der Waals surface area contributed by atoms with Crippen molar-refractivity contribution in [1.29, 1.82) is 0 Å². The first kappa shape index (κ1) is 18.2. The molecule has 0 saturated carbocycles. The van der Waals surface area contributed by atoms with Crippen LogP contribution in [0.3, 0.4) is 0 Å². The lowest BCUT2D eigenvalue weighted by molar-refractivity contribution is 0.0918. The third-order valence-corrected chi connectivity index (χ3v) is 5.64. The first-order valence-corrected chi connectivity index (χ1v) is 10.2. The van der Waals surface area contributed by atoms with Crippen LogP contribution >= 0.6 is 0 Å². The highest BCUT2D eigenvalue weighted by molar-refractivity contribution is 6.01. The number of hydrogen-bond acceptors (Lipinski definition) is 4. The molecule has 27 heavy (non-hydrogen) atoms. The molecule has 1 atom stereocenters. The van der Waals surface area contributed by atoms with E-state index in [1.807, 2.05) is 0 Å². The first-order valence-electron chi connectivity index (χ1n) is 10.2. The van der Waals surface area contributed by atoms with Gasteiger partial charge in [-0.05, 0) is 48.2 Å². The zero-order chi connectivity index (χ0) is 18.5. The number of hydrogen-bond donors (Lipinski definition) is 1. The van der Waals surface area contributed by atoms with Crippen molar-refractivity contribution in [1.82, 2.24) is 4.90 Å². The van der Waals surface area contributed by atoms with Gasteiger partial charge in [-0.2, -0.15) is 0 Å². The predicted molar refractivity (Wildman–Crippen MR) is 111 cm³/mol. The highest BCUT2D eigenvalue weighted by Gasteiger charge is 2.20. The lowest BCUT2D eigenvalue weighted by Crippen LogP contribution is -2.24. The van der Waals surface area contributed by atoms with E-state index < -0.39 is 0 Å². The van der Waals surface area contributed by atoms with Gasteiger partial charge < -0.3 is 10.6 Å². The SMILES string of the molecule is NCC1CC(c2ccc(-c3ccccc3CN3CCCCCC3)cc2)=NO1. The summed E-state index contributed by atoms with van der Waals surface area (Å²) in [5.41, 5.74) is 11.8. The van der Waals surface area contributed by atoms with Crippen LogP contribution < -0.4 is 5.73 Å². The molecule has 2 aromatic rings. The topological polar surface area (TPSA) is 50.8 Å². The van der Waals surface area contributed by atoms with E-state index in [0.717, 1.165) is 24.2 Å². The molecule has 0 amide bonds. The first-order chi connectivity index (χ1) is 13.3. The summed E-state index contributed by atoms with van der Waals surface area (Å²) in [5.74, 6) is 0. The molecule has 0 aromatic heterocycles. The fourth-order valence-corrected chi connectivity index (χ4v) is 4.04. The Morgan fingerprint density at radius 3 is 2.33 bits per heavy atom. The molecule has 2 heterocycles. The Bertz CT molecular complexity index is 776. The van der Waals surface area contributed by atoms with Crippen molar-refractivity contribution in [3.05, 3.63) is 59.7 Å². The molecule has 0 radical (unpaired) electrons. The minimum absolute atomic E-state index is 0.0222. The van der Waals surface area contributed by atoms with E-state index in [-0.39, 0.29) is 6.10 Å². The standard InChI is InChI=1S/C23H29N3O/c24-16-21-15-23(25-27-21)19-11-9-18(10-12-19)22-8-4-3-7-20(22)17-26-13-5-1-2-6-14-26/h3-4,7-12,21H,1-2,5-6,13-17,24H2. The Morgan fingerprint density at radius 2 is 1.63 bits per heavy atom. The number of nitrogens with zero attached hydrogens (tertiary/aromatic N) is 2. The Labute approximate surface area is 162 Å². The van der Waals surface area contributed by atoms with Crippen molar-refractivity contribution in [2.45, 2.75) is 44.8 Å². The van der Waals surface area contributed by atoms with Crippen LogP contribution in [0.15, 0.2) is 53.7 Å². The molecule has 142 valence electrons. The van der Waals surface area contributed by atoms with E-state index in [1.165, 1.54) is 55.5 Å². The van der Waals surface area contributed by atoms with Gasteiger partial charge in [0.25, 0.3) is 0 Å². The average Bonchev–Trinajstić information content (AvgIpc) is 3.06. The Hall–Kier alpha value is -2.17. The molecule has 1 unspecified atom stereocenters. The second-order valence-corrected chi connectivity index (χ2v) is 7.63. The van der Waals surface area contributed by atoms with E-state index in [4.69, 9.17) is 10.6 Å². The zero-order valence-electron chi connectivity index (χ0n) is 15.9. The predicted octanol–water partition coefficient (Wildman–Crippen LogP) is 4.18. The number of likely N-dealkylation sites (tertiary alicyclic amines) is 1. The summed E-state index contributed by atoms with van der Waals surface area (Å²) < 4.78 is 0. The van der Waals surface area contributed by atoms with E-state index >= 15 is 0 Å². The largest absolute Gasteiger partial charge is 0.390 e. The zero-order valence-corrected chi connectivity index (χ0v) is 15.9. The van der Waals surface area contributed by atoms with Crippen molar-refractivity contribution < 1.29 is 4.84 Å². The van der Waals surface area contributed by atoms with Gasteiger partial charge in [0.1, 0.15) is 6.10 Å². The van der Waals surface area contributed by atoms with Crippen LogP contribution in [0, 0.1) is 0 Å². The number of nitrogens with two attached hydrogens (primary N) is 1. The van der Waals surface area contributed by atoms with Crippen LogP contribution in [0.4, 0.5) is 0 Å². The molecule has 2 aliphatic rings. The molecule has 1 fully saturated rings. The summed E-state index contributed by atoms with van der Waals surface area (Å²) in [6, 6.07) is 17.5. The van der Waals surface area contributed by atoms with Gasteiger partial charge in [0.2, 0.25) is 0 Å². The van der Waals surface area contributed by atoms with Crippen LogP contribution in [0.25, 0.3) is 11.1 Å². The maximum absolute atomic E-state index is 5.68. The molecule has 2 aliphatic heterocycles. The van der Waals surface area contributed by atoms with Crippen LogP contribution in [0.2, 0.25) is 0 Å². The molecule has 4 rings (SSSR count). The van der Waals surface area contributed by atoms with Gasteiger partial charge in [-0.3, -0.25) is 4.90 Å². The number of benzene rings is 2. The summed E-state index contributed by atoms with van der Waals surface area (Å²) >= 11 is 0. The quantitative estimate of drug-likeness (QED) is 0.867. The van der Waals surface area contributed by atoms with Crippen molar-refractivity contribution >= 4 is 5.71 Å². The Kier molecular flexibility index (Phi) is 5.85. The lowest BCUT2D eigenvalue weighted by atomic mass is 9.96. The van der Waals surface area contributed by atoms with Crippen LogP contribution in [-0.4, -0.2) is 36.3 Å². The maximum atomic E-state index is 5.68. The molecule has 4 heteroatoms. The van der Waals surface area contributed by atoms with Crippen LogP contribution in [0.5, 0.6) is 0 Å². The van der Waals surface area contributed by atoms with Crippen LogP contribution in [0.1, 0.15) is 43.2 Å². The monoisotopic (exact) mass is 363 g/mol. The van der Waals surface area contributed by atoms with Crippen molar-refractivity contribution in [3.8, 4) is 11.1 Å². The molecular weight excluding hydrogens is 334 g/mol. The molecule has 2 aromatic carbocycles. The van der Waals surface area contributed by atoms with Gasteiger partial charge >= 0.3 is 0 Å². The molecule has 1 saturated heterocycles. The van der Waals surface area contributed by atoms with Gasteiger partial charge in [0.05, 0.1) is 5.71 Å². The second-order valence-electron chi connectivity index (χ2n) is 7.63. The maximum Gasteiger partial charge on any atom is 0.145 e. The van der Waals surface area contributed by atoms with Crippen molar-refractivity contribution in [3.63, 3.8) is 0 Å². The minimum Gasteiger partial charge on any atom is -0.390 e. The number of oxime groups is 1. The fourth-order valence-electron chi connectivity index (χ4n) is 4.04. The molecule has 0 spiro atoms. The Balaban J connectivity index is 1.51. The molecule has 0 bridgehead atoms. The molecular formula is C23H29N3O. The third kappa shape index (κ3) is 4.40. The summed E-state index contributed by atoms with van der Waals surface area (Å²) in [6.45, 7) is 3.98. The molecule has 0 aliphatic carbocycles. The Morgan fingerprint density at radius 1 is 0.926 bits per heavy atom. The van der Waals surface area contributed by atoms with Crippen molar-refractivity contribution in [2.75, 3.05) is 19.6 Å². The molecule has 2 N–H and O–H groups in total. The summed E-state index contributed by atoms with van der Waals surface area (Å²) in [4.78, 5) is 7.96. The van der Waals surface area contributed by atoms with Gasteiger partial charge in [-0.1, -0.05) is 66.5 Å². The third-order valence-electron chi connectivity index (χ3n) is 5.64. The average molecular weight is 364 g/mol.